The maximum absolute atomic E-state index is 13.6. The molecular formula is C29H29Cl2N3O3. The largest absolute Gasteiger partial charge is 0.477 e. The molecule has 2 atom stereocenters. The number of ether oxygens (including phenoxy) is 1. The predicted octanol–water partition coefficient (Wildman–Crippen LogP) is 6.23. The van der Waals surface area contributed by atoms with Crippen molar-refractivity contribution in [3.05, 3.63) is 88.0 Å². The van der Waals surface area contributed by atoms with Crippen molar-refractivity contribution in [2.45, 2.75) is 32.1 Å². The summed E-state index contributed by atoms with van der Waals surface area (Å²) in [5, 5.41) is 1.22. The van der Waals surface area contributed by atoms with E-state index in [0.29, 0.717) is 47.6 Å². The highest BCUT2D eigenvalue weighted by Crippen LogP contribution is 2.44. The minimum atomic E-state index is -0.356. The van der Waals surface area contributed by atoms with Crippen LogP contribution in [-0.2, 0) is 4.79 Å². The molecule has 0 N–H and O–H groups in total. The highest BCUT2D eigenvalue weighted by Gasteiger charge is 2.46. The molecule has 0 radical (unpaired) electrons. The average Bonchev–Trinajstić information content (AvgIpc) is 3.26. The molecule has 2 fully saturated rings. The van der Waals surface area contributed by atoms with Gasteiger partial charge in [-0.3, -0.25) is 9.59 Å². The van der Waals surface area contributed by atoms with Crippen molar-refractivity contribution in [1.29, 1.82) is 0 Å². The van der Waals surface area contributed by atoms with E-state index in [-0.39, 0.29) is 23.1 Å². The molecule has 2 amide bonds. The SMILES string of the molecule is CC1(COc2ccc(Cl)cn2)CN(C(=O)c2ccc(N3CCCCC3=O)cc2)C[C@@H]1c1ccc(Cl)cc1. The van der Waals surface area contributed by atoms with Crippen molar-refractivity contribution < 1.29 is 14.3 Å². The van der Waals surface area contributed by atoms with Gasteiger partial charge >= 0.3 is 0 Å². The first-order valence-corrected chi connectivity index (χ1v) is 13.3. The van der Waals surface area contributed by atoms with E-state index in [9.17, 15) is 9.59 Å². The number of halogens is 2. The van der Waals surface area contributed by atoms with Gasteiger partial charge in [-0.1, -0.05) is 42.3 Å². The fourth-order valence-electron chi connectivity index (χ4n) is 5.29. The first-order chi connectivity index (χ1) is 17.8. The molecule has 0 spiro atoms. The molecule has 3 heterocycles. The number of hydrogen-bond acceptors (Lipinski definition) is 4. The van der Waals surface area contributed by atoms with E-state index in [4.69, 9.17) is 27.9 Å². The zero-order chi connectivity index (χ0) is 26.0. The monoisotopic (exact) mass is 537 g/mol. The van der Waals surface area contributed by atoms with Crippen molar-refractivity contribution >= 4 is 40.7 Å². The van der Waals surface area contributed by atoms with E-state index < -0.39 is 0 Å². The minimum Gasteiger partial charge on any atom is -0.477 e. The van der Waals surface area contributed by atoms with Gasteiger partial charge < -0.3 is 14.5 Å². The maximum Gasteiger partial charge on any atom is 0.253 e. The number of likely N-dealkylation sites (tertiary alicyclic amines) is 1. The van der Waals surface area contributed by atoms with Crippen LogP contribution in [0, 0.1) is 5.41 Å². The van der Waals surface area contributed by atoms with Gasteiger partial charge in [0.2, 0.25) is 11.8 Å². The van der Waals surface area contributed by atoms with Crippen LogP contribution in [0.25, 0.3) is 0 Å². The third-order valence-electron chi connectivity index (χ3n) is 7.36. The highest BCUT2D eigenvalue weighted by molar-refractivity contribution is 6.30. The number of nitrogens with zero attached hydrogens (tertiary/aromatic N) is 3. The standard InChI is InChI=1S/C29H29Cl2N3O3/c1-29(19-37-26-14-11-23(31)16-32-26)18-33(17-25(29)20-5-9-22(30)10-6-20)28(36)21-7-12-24(13-8-21)34-15-3-2-4-27(34)35/h5-14,16,25H,2-4,15,17-19H2,1H3/t25-,29?/m1/s1. The van der Waals surface area contributed by atoms with Crippen LogP contribution >= 0.6 is 23.2 Å². The summed E-state index contributed by atoms with van der Waals surface area (Å²) in [6.07, 6.45) is 4.07. The van der Waals surface area contributed by atoms with Crippen LogP contribution in [0.15, 0.2) is 66.9 Å². The number of hydrogen-bond donors (Lipinski definition) is 0. The number of piperidine rings is 1. The lowest BCUT2D eigenvalue weighted by Crippen LogP contribution is -2.35. The lowest BCUT2D eigenvalue weighted by Gasteiger charge is -2.30. The van der Waals surface area contributed by atoms with Gasteiger partial charge in [0.25, 0.3) is 5.91 Å². The molecule has 2 saturated heterocycles. The van der Waals surface area contributed by atoms with E-state index in [1.807, 2.05) is 58.3 Å². The van der Waals surface area contributed by atoms with Gasteiger partial charge in [-0.25, -0.2) is 4.98 Å². The lowest BCUT2D eigenvalue weighted by molar-refractivity contribution is -0.119. The molecule has 1 aromatic heterocycles. The Balaban J connectivity index is 1.35. The van der Waals surface area contributed by atoms with Crippen LogP contribution in [0.2, 0.25) is 10.0 Å². The molecule has 0 aliphatic carbocycles. The molecule has 5 rings (SSSR count). The van der Waals surface area contributed by atoms with Crippen LogP contribution in [-0.4, -0.2) is 47.9 Å². The lowest BCUT2D eigenvalue weighted by atomic mass is 9.77. The van der Waals surface area contributed by atoms with Crippen molar-refractivity contribution in [3.8, 4) is 5.88 Å². The number of rotatable bonds is 6. The summed E-state index contributed by atoms with van der Waals surface area (Å²) in [7, 11) is 0. The first-order valence-electron chi connectivity index (χ1n) is 12.5. The van der Waals surface area contributed by atoms with E-state index >= 15 is 0 Å². The average molecular weight is 538 g/mol. The van der Waals surface area contributed by atoms with Crippen LogP contribution in [0.3, 0.4) is 0 Å². The van der Waals surface area contributed by atoms with E-state index in [1.165, 1.54) is 0 Å². The Hall–Kier alpha value is -3.09. The summed E-state index contributed by atoms with van der Waals surface area (Å²) in [5.41, 5.74) is 2.20. The second-order valence-corrected chi connectivity index (χ2v) is 11.0. The third-order valence-corrected chi connectivity index (χ3v) is 7.83. The van der Waals surface area contributed by atoms with Gasteiger partial charge in [0.1, 0.15) is 0 Å². The summed E-state index contributed by atoms with van der Waals surface area (Å²) in [5.74, 6) is 0.643. The van der Waals surface area contributed by atoms with Crippen molar-refractivity contribution in [2.75, 3.05) is 31.1 Å². The number of aromatic nitrogens is 1. The quantitative estimate of drug-likeness (QED) is 0.373. The molecule has 0 bridgehead atoms. The molecule has 37 heavy (non-hydrogen) atoms. The van der Waals surface area contributed by atoms with Gasteiger partial charge in [0.15, 0.2) is 0 Å². The van der Waals surface area contributed by atoms with Crippen LogP contribution in [0.4, 0.5) is 5.69 Å². The molecule has 0 saturated carbocycles. The molecule has 2 aromatic carbocycles. The van der Waals surface area contributed by atoms with Crippen molar-refractivity contribution in [1.82, 2.24) is 9.88 Å². The van der Waals surface area contributed by atoms with Crippen molar-refractivity contribution in [3.63, 3.8) is 0 Å². The summed E-state index contributed by atoms with van der Waals surface area (Å²) in [4.78, 5) is 33.8. The second kappa shape index (κ2) is 10.7. The Bertz CT molecular complexity index is 1270. The summed E-state index contributed by atoms with van der Waals surface area (Å²) >= 11 is 12.1. The topological polar surface area (TPSA) is 62.7 Å². The molecule has 6 nitrogen and oxygen atoms in total. The molecule has 8 heteroatoms. The van der Waals surface area contributed by atoms with Gasteiger partial charge in [-0.15, -0.1) is 0 Å². The number of amides is 2. The summed E-state index contributed by atoms with van der Waals surface area (Å²) < 4.78 is 6.08. The molecule has 3 aromatic rings. The van der Waals surface area contributed by atoms with E-state index in [0.717, 1.165) is 30.6 Å². The van der Waals surface area contributed by atoms with Gasteiger partial charge in [0, 0.05) is 65.9 Å². The Morgan fingerprint density at radius 3 is 2.43 bits per heavy atom. The third kappa shape index (κ3) is 5.60. The maximum atomic E-state index is 13.6. The minimum absolute atomic E-state index is 0.0381. The van der Waals surface area contributed by atoms with Gasteiger partial charge in [-0.05, 0) is 60.9 Å². The van der Waals surface area contributed by atoms with E-state index in [2.05, 4.69) is 11.9 Å². The Morgan fingerprint density at radius 1 is 1.03 bits per heavy atom. The summed E-state index contributed by atoms with van der Waals surface area (Å²) in [6.45, 7) is 4.33. The zero-order valence-electron chi connectivity index (χ0n) is 20.7. The Kier molecular flexibility index (Phi) is 7.40. The Labute approximate surface area is 227 Å². The number of benzene rings is 2. The number of pyridine rings is 1. The molecule has 2 aliphatic rings. The molecule has 192 valence electrons. The number of carbonyl (C=O) groups excluding carboxylic acids is 2. The molecule has 2 aliphatic heterocycles. The first kappa shape index (κ1) is 25.6. The zero-order valence-corrected chi connectivity index (χ0v) is 22.2. The smallest absolute Gasteiger partial charge is 0.253 e. The molecule has 1 unspecified atom stereocenters. The summed E-state index contributed by atoms with van der Waals surface area (Å²) in [6, 6.07) is 18.7. The fourth-order valence-corrected chi connectivity index (χ4v) is 5.52. The fraction of sp³-hybridized carbons (Fsp3) is 0.345. The van der Waals surface area contributed by atoms with Crippen LogP contribution in [0.1, 0.15) is 48.0 Å². The normalized spacial score (nSPS) is 21.8. The number of carbonyl (C=O) groups is 2. The van der Waals surface area contributed by atoms with Gasteiger partial charge in [-0.2, -0.15) is 0 Å². The Morgan fingerprint density at radius 2 is 1.76 bits per heavy atom. The van der Waals surface area contributed by atoms with Crippen molar-refractivity contribution in [2.24, 2.45) is 5.41 Å². The molecular weight excluding hydrogens is 509 g/mol. The van der Waals surface area contributed by atoms with Crippen LogP contribution in [0.5, 0.6) is 5.88 Å². The highest BCUT2D eigenvalue weighted by atomic mass is 35.5. The predicted molar refractivity (Wildman–Crippen MR) is 146 cm³/mol. The number of anilines is 1. The second-order valence-electron chi connectivity index (χ2n) is 10.1. The van der Waals surface area contributed by atoms with E-state index in [1.54, 1.807) is 18.3 Å². The van der Waals surface area contributed by atoms with Crippen LogP contribution < -0.4 is 9.64 Å². The van der Waals surface area contributed by atoms with Gasteiger partial charge in [0.05, 0.1) is 11.6 Å².